The van der Waals surface area contributed by atoms with E-state index in [1.54, 1.807) is 12.1 Å². The van der Waals surface area contributed by atoms with E-state index in [4.69, 9.17) is 11.6 Å². The summed E-state index contributed by atoms with van der Waals surface area (Å²) < 4.78 is 39.9. The number of nitrogens with zero attached hydrogens (tertiary/aromatic N) is 1. The molecule has 0 saturated carbocycles. The largest absolute Gasteiger partial charge is 0.573 e. The average molecular weight is 318 g/mol. The highest BCUT2D eigenvalue weighted by Crippen LogP contribution is 2.24. The summed E-state index contributed by atoms with van der Waals surface area (Å²) in [5.41, 5.74) is 1.25. The van der Waals surface area contributed by atoms with Crippen molar-refractivity contribution in [2.75, 3.05) is 0 Å². The lowest BCUT2D eigenvalue weighted by Crippen LogP contribution is -2.17. The van der Waals surface area contributed by atoms with Gasteiger partial charge in [-0.05, 0) is 29.3 Å². The average Bonchev–Trinajstić information content (AvgIpc) is 2.40. The Hall–Kier alpha value is -1.79. The lowest BCUT2D eigenvalue weighted by molar-refractivity contribution is -0.274. The van der Waals surface area contributed by atoms with Crippen LogP contribution in [0.5, 0.6) is 5.75 Å². The molecule has 1 heterocycles. The van der Waals surface area contributed by atoms with Crippen molar-refractivity contribution >= 4 is 11.6 Å². The topological polar surface area (TPSA) is 42.4 Å². The van der Waals surface area contributed by atoms with Crippen LogP contribution in [0.2, 0.25) is 5.15 Å². The zero-order valence-corrected chi connectivity index (χ0v) is 11.4. The smallest absolute Gasteiger partial charge is 0.406 e. The Kier molecular flexibility index (Phi) is 4.69. The van der Waals surface area contributed by atoms with E-state index in [0.29, 0.717) is 16.3 Å². The second-order valence-electron chi connectivity index (χ2n) is 4.33. The standard InChI is InChI=1S/C14H11ClF3NO2/c15-13-6-3-10(8-19-13)12(20)7-9-1-4-11(5-2-9)21-14(16,17)18/h1-6,8,12,20H,7H2. The van der Waals surface area contributed by atoms with Crippen molar-refractivity contribution in [3.63, 3.8) is 0 Å². The molecule has 0 radical (unpaired) electrons. The molecule has 1 atom stereocenters. The fraction of sp³-hybridized carbons (Fsp3) is 0.214. The van der Waals surface area contributed by atoms with Crippen LogP contribution in [-0.2, 0) is 6.42 Å². The third-order valence-corrected chi connectivity index (χ3v) is 2.94. The maximum atomic E-state index is 12.0. The van der Waals surface area contributed by atoms with E-state index in [2.05, 4.69) is 9.72 Å². The molecule has 21 heavy (non-hydrogen) atoms. The fourth-order valence-corrected chi connectivity index (χ4v) is 1.86. The molecule has 1 N–H and O–H groups in total. The number of aliphatic hydroxyl groups excluding tert-OH is 1. The van der Waals surface area contributed by atoms with Crippen molar-refractivity contribution in [2.24, 2.45) is 0 Å². The van der Waals surface area contributed by atoms with Crippen LogP contribution in [0.1, 0.15) is 17.2 Å². The third kappa shape index (κ3) is 4.91. The number of halogens is 4. The quantitative estimate of drug-likeness (QED) is 0.869. The van der Waals surface area contributed by atoms with Gasteiger partial charge in [-0.3, -0.25) is 0 Å². The molecule has 0 spiro atoms. The van der Waals surface area contributed by atoms with Gasteiger partial charge < -0.3 is 9.84 Å². The van der Waals surface area contributed by atoms with Gasteiger partial charge in [-0.2, -0.15) is 0 Å². The lowest BCUT2D eigenvalue weighted by atomic mass is 10.0. The normalized spacial score (nSPS) is 13.0. The number of ether oxygens (including phenoxy) is 1. The molecule has 2 rings (SSSR count). The molecule has 0 fully saturated rings. The Balaban J connectivity index is 2.01. The van der Waals surface area contributed by atoms with E-state index in [-0.39, 0.29) is 12.2 Å². The van der Waals surface area contributed by atoms with Gasteiger partial charge in [-0.1, -0.05) is 29.8 Å². The molecular weight excluding hydrogens is 307 g/mol. The SMILES string of the molecule is OC(Cc1ccc(OC(F)(F)F)cc1)c1ccc(Cl)nc1. The summed E-state index contributed by atoms with van der Waals surface area (Å²) in [6.07, 6.45) is -3.83. The highest BCUT2D eigenvalue weighted by molar-refractivity contribution is 6.29. The van der Waals surface area contributed by atoms with E-state index in [1.165, 1.54) is 30.5 Å². The monoisotopic (exact) mass is 317 g/mol. The van der Waals surface area contributed by atoms with E-state index in [9.17, 15) is 18.3 Å². The molecule has 0 bridgehead atoms. The van der Waals surface area contributed by atoms with Crippen LogP contribution < -0.4 is 4.74 Å². The molecule has 0 aliphatic heterocycles. The maximum absolute atomic E-state index is 12.0. The van der Waals surface area contributed by atoms with Crippen LogP contribution in [0.25, 0.3) is 0 Å². The van der Waals surface area contributed by atoms with Crippen molar-refractivity contribution < 1.29 is 23.0 Å². The van der Waals surface area contributed by atoms with E-state index in [1.807, 2.05) is 0 Å². The van der Waals surface area contributed by atoms with Crippen molar-refractivity contribution in [3.05, 3.63) is 58.9 Å². The van der Waals surface area contributed by atoms with Crippen LogP contribution in [0, 0.1) is 0 Å². The van der Waals surface area contributed by atoms with Gasteiger partial charge in [-0.15, -0.1) is 13.2 Å². The third-order valence-electron chi connectivity index (χ3n) is 2.72. The first kappa shape index (κ1) is 15.6. The number of aliphatic hydroxyl groups is 1. The molecule has 1 aromatic carbocycles. The van der Waals surface area contributed by atoms with Gasteiger partial charge in [0.05, 0.1) is 6.10 Å². The fourth-order valence-electron chi connectivity index (χ4n) is 1.75. The van der Waals surface area contributed by atoms with Gasteiger partial charge in [0.15, 0.2) is 0 Å². The second-order valence-corrected chi connectivity index (χ2v) is 4.71. The number of alkyl halides is 3. The molecule has 2 aromatic rings. The zero-order chi connectivity index (χ0) is 15.5. The predicted molar refractivity (Wildman–Crippen MR) is 71.0 cm³/mol. The molecule has 3 nitrogen and oxygen atoms in total. The molecule has 0 amide bonds. The number of rotatable bonds is 4. The Labute approximate surface area is 124 Å². The van der Waals surface area contributed by atoms with Crippen molar-refractivity contribution in [1.82, 2.24) is 4.98 Å². The van der Waals surface area contributed by atoms with Gasteiger partial charge >= 0.3 is 6.36 Å². The van der Waals surface area contributed by atoms with Crippen molar-refractivity contribution in [2.45, 2.75) is 18.9 Å². The minimum Gasteiger partial charge on any atom is -0.406 e. The van der Waals surface area contributed by atoms with Gasteiger partial charge in [0, 0.05) is 12.6 Å². The molecule has 112 valence electrons. The van der Waals surface area contributed by atoms with E-state index >= 15 is 0 Å². The molecule has 7 heteroatoms. The summed E-state index contributed by atoms with van der Waals surface area (Å²) in [6, 6.07) is 8.54. The van der Waals surface area contributed by atoms with Gasteiger partial charge in [0.2, 0.25) is 0 Å². The highest BCUT2D eigenvalue weighted by atomic mass is 35.5. The van der Waals surface area contributed by atoms with Crippen molar-refractivity contribution in [3.8, 4) is 5.75 Å². The summed E-state index contributed by atoms with van der Waals surface area (Å²) in [4.78, 5) is 3.86. The minimum absolute atomic E-state index is 0.246. The number of aromatic nitrogens is 1. The lowest BCUT2D eigenvalue weighted by Gasteiger charge is -2.12. The Morgan fingerprint density at radius 2 is 1.81 bits per heavy atom. The summed E-state index contributed by atoms with van der Waals surface area (Å²) in [7, 11) is 0. The Morgan fingerprint density at radius 1 is 1.14 bits per heavy atom. The Bertz CT molecular complexity index is 585. The minimum atomic E-state index is -4.71. The van der Waals surface area contributed by atoms with E-state index < -0.39 is 12.5 Å². The van der Waals surface area contributed by atoms with E-state index in [0.717, 1.165) is 0 Å². The molecule has 1 unspecified atom stereocenters. The summed E-state index contributed by atoms with van der Waals surface area (Å²) in [5, 5.41) is 10.3. The number of hydrogen-bond donors (Lipinski definition) is 1. The second kappa shape index (κ2) is 6.32. The molecule has 0 saturated heterocycles. The predicted octanol–water partition coefficient (Wildman–Crippen LogP) is 3.91. The van der Waals surface area contributed by atoms with Crippen LogP contribution >= 0.6 is 11.6 Å². The number of hydrogen-bond acceptors (Lipinski definition) is 3. The molecule has 0 aliphatic rings. The van der Waals surface area contributed by atoms with Gasteiger partial charge in [0.25, 0.3) is 0 Å². The first-order chi connectivity index (χ1) is 9.83. The van der Waals surface area contributed by atoms with Crippen LogP contribution in [-0.4, -0.2) is 16.5 Å². The summed E-state index contributed by atoms with van der Waals surface area (Å²) in [5.74, 6) is -0.297. The maximum Gasteiger partial charge on any atom is 0.573 e. The number of pyridine rings is 1. The Morgan fingerprint density at radius 3 is 2.33 bits per heavy atom. The van der Waals surface area contributed by atoms with Gasteiger partial charge in [-0.25, -0.2) is 4.98 Å². The molecular formula is C14H11ClF3NO2. The first-order valence-electron chi connectivity index (χ1n) is 5.98. The molecule has 1 aromatic heterocycles. The van der Waals surface area contributed by atoms with Crippen LogP contribution in [0.4, 0.5) is 13.2 Å². The van der Waals surface area contributed by atoms with Crippen LogP contribution in [0.3, 0.4) is 0 Å². The summed E-state index contributed by atoms with van der Waals surface area (Å²) >= 11 is 5.65. The zero-order valence-electron chi connectivity index (χ0n) is 10.6. The molecule has 0 aliphatic carbocycles. The first-order valence-corrected chi connectivity index (χ1v) is 6.35. The highest BCUT2D eigenvalue weighted by Gasteiger charge is 2.30. The van der Waals surface area contributed by atoms with Crippen LogP contribution in [0.15, 0.2) is 42.6 Å². The van der Waals surface area contributed by atoms with Crippen molar-refractivity contribution in [1.29, 1.82) is 0 Å². The van der Waals surface area contributed by atoms with Gasteiger partial charge in [0.1, 0.15) is 10.9 Å². The summed E-state index contributed by atoms with van der Waals surface area (Å²) in [6.45, 7) is 0. The number of benzene rings is 1.